The van der Waals surface area contributed by atoms with Gasteiger partial charge in [-0.15, -0.1) is 0 Å². The highest BCUT2D eigenvalue weighted by atomic mass is 16.3. The fraction of sp³-hybridized carbons (Fsp3) is 0.571. The maximum absolute atomic E-state index is 13.0. The maximum Gasteiger partial charge on any atom is 0.251 e. The van der Waals surface area contributed by atoms with E-state index in [-0.39, 0.29) is 12.5 Å². The number of benzene rings is 1. The Labute approximate surface area is 198 Å². The van der Waals surface area contributed by atoms with Crippen LogP contribution in [-0.4, -0.2) is 34.0 Å². The van der Waals surface area contributed by atoms with Gasteiger partial charge < -0.3 is 10.4 Å². The Kier molecular flexibility index (Phi) is 7.50. The summed E-state index contributed by atoms with van der Waals surface area (Å²) in [4.78, 5) is 20.1. The SMILES string of the molecule is Cc1ccc([C@H](CO)NC(=O)c2ccc3c(c2)CN(CC2CCC(C)CC2)[C@@H]3C(C)C)nc1. The molecule has 5 nitrogen and oxygen atoms in total. The summed E-state index contributed by atoms with van der Waals surface area (Å²) in [5.41, 5.74) is 5.00. The molecule has 33 heavy (non-hydrogen) atoms. The minimum Gasteiger partial charge on any atom is -0.394 e. The van der Waals surface area contributed by atoms with Crippen LogP contribution in [0.15, 0.2) is 36.5 Å². The van der Waals surface area contributed by atoms with Crippen molar-refractivity contribution in [1.29, 1.82) is 0 Å². The molecule has 5 heteroatoms. The minimum atomic E-state index is -0.514. The first-order valence-corrected chi connectivity index (χ1v) is 12.6. The molecule has 2 aromatic rings. The third-order valence-corrected chi connectivity index (χ3v) is 7.53. The summed E-state index contributed by atoms with van der Waals surface area (Å²) in [7, 11) is 0. The summed E-state index contributed by atoms with van der Waals surface area (Å²) in [6.45, 7) is 10.8. The molecule has 1 aromatic carbocycles. The third-order valence-electron chi connectivity index (χ3n) is 7.53. The number of hydrogen-bond acceptors (Lipinski definition) is 4. The van der Waals surface area contributed by atoms with Crippen molar-refractivity contribution in [3.63, 3.8) is 0 Å². The topological polar surface area (TPSA) is 65.5 Å². The second-order valence-electron chi connectivity index (χ2n) is 10.6. The number of fused-ring (bicyclic) bond motifs is 1. The van der Waals surface area contributed by atoms with Gasteiger partial charge in [-0.2, -0.15) is 0 Å². The van der Waals surface area contributed by atoms with Crippen LogP contribution in [0.25, 0.3) is 0 Å². The summed E-state index contributed by atoms with van der Waals surface area (Å²) in [6, 6.07) is 9.84. The summed E-state index contributed by atoms with van der Waals surface area (Å²) >= 11 is 0. The largest absolute Gasteiger partial charge is 0.394 e. The number of aliphatic hydroxyl groups is 1. The summed E-state index contributed by atoms with van der Waals surface area (Å²) in [6.07, 6.45) is 7.13. The van der Waals surface area contributed by atoms with Crippen LogP contribution in [-0.2, 0) is 6.54 Å². The zero-order valence-electron chi connectivity index (χ0n) is 20.6. The van der Waals surface area contributed by atoms with Crippen LogP contribution in [0, 0.1) is 24.7 Å². The molecule has 0 saturated heterocycles. The normalized spacial score (nSPS) is 24.0. The quantitative estimate of drug-likeness (QED) is 0.610. The molecule has 0 bridgehead atoms. The van der Waals surface area contributed by atoms with Crippen molar-refractivity contribution in [3.8, 4) is 0 Å². The van der Waals surface area contributed by atoms with E-state index in [2.05, 4.69) is 48.1 Å². The van der Waals surface area contributed by atoms with Crippen LogP contribution in [0.2, 0.25) is 0 Å². The molecule has 2 N–H and O–H groups in total. The second-order valence-corrected chi connectivity index (χ2v) is 10.6. The summed E-state index contributed by atoms with van der Waals surface area (Å²) in [5.74, 6) is 2.02. The number of aromatic nitrogens is 1. The summed E-state index contributed by atoms with van der Waals surface area (Å²) < 4.78 is 0. The molecular formula is C28H39N3O2. The van der Waals surface area contributed by atoms with Gasteiger partial charge in [-0.05, 0) is 72.4 Å². The number of nitrogens with one attached hydrogen (secondary N) is 1. The Hall–Kier alpha value is -2.24. The van der Waals surface area contributed by atoms with Gasteiger partial charge in [-0.1, -0.05) is 45.7 Å². The molecule has 1 aromatic heterocycles. The van der Waals surface area contributed by atoms with E-state index in [4.69, 9.17) is 0 Å². The Morgan fingerprint density at radius 1 is 1.18 bits per heavy atom. The van der Waals surface area contributed by atoms with Gasteiger partial charge in [0.2, 0.25) is 0 Å². The van der Waals surface area contributed by atoms with Crippen LogP contribution in [0.1, 0.15) is 91.3 Å². The van der Waals surface area contributed by atoms with Gasteiger partial charge in [-0.3, -0.25) is 14.7 Å². The molecule has 0 spiro atoms. The van der Waals surface area contributed by atoms with Gasteiger partial charge in [0.15, 0.2) is 0 Å². The van der Waals surface area contributed by atoms with E-state index in [1.165, 1.54) is 36.8 Å². The van der Waals surface area contributed by atoms with E-state index in [1.54, 1.807) is 6.20 Å². The fourth-order valence-electron chi connectivity index (χ4n) is 5.63. The van der Waals surface area contributed by atoms with E-state index >= 15 is 0 Å². The molecule has 2 atom stereocenters. The number of aliphatic hydroxyl groups excluding tert-OH is 1. The van der Waals surface area contributed by atoms with E-state index in [9.17, 15) is 9.90 Å². The first-order valence-electron chi connectivity index (χ1n) is 12.6. The number of carbonyl (C=O) groups is 1. The van der Waals surface area contributed by atoms with Gasteiger partial charge in [0.25, 0.3) is 5.91 Å². The predicted molar refractivity (Wildman–Crippen MR) is 132 cm³/mol. The van der Waals surface area contributed by atoms with E-state index < -0.39 is 6.04 Å². The lowest BCUT2D eigenvalue weighted by atomic mass is 9.82. The molecule has 1 amide bonds. The van der Waals surface area contributed by atoms with Crippen molar-refractivity contribution < 1.29 is 9.90 Å². The third kappa shape index (κ3) is 5.47. The molecule has 1 fully saturated rings. The number of hydrogen-bond donors (Lipinski definition) is 2. The number of nitrogens with zero attached hydrogens (tertiary/aromatic N) is 2. The molecular weight excluding hydrogens is 410 g/mol. The Morgan fingerprint density at radius 3 is 2.58 bits per heavy atom. The lowest BCUT2D eigenvalue weighted by Gasteiger charge is -2.34. The Morgan fingerprint density at radius 2 is 1.94 bits per heavy atom. The van der Waals surface area contributed by atoms with Crippen LogP contribution in [0.3, 0.4) is 0 Å². The van der Waals surface area contributed by atoms with Crippen LogP contribution < -0.4 is 5.32 Å². The zero-order chi connectivity index (χ0) is 23.5. The molecule has 4 rings (SSSR count). The van der Waals surface area contributed by atoms with Crippen molar-refractivity contribution in [2.75, 3.05) is 13.2 Å². The zero-order valence-corrected chi connectivity index (χ0v) is 20.6. The summed E-state index contributed by atoms with van der Waals surface area (Å²) in [5, 5.41) is 12.8. The van der Waals surface area contributed by atoms with Gasteiger partial charge >= 0.3 is 0 Å². The van der Waals surface area contributed by atoms with Gasteiger partial charge in [0.1, 0.15) is 0 Å². The van der Waals surface area contributed by atoms with Gasteiger partial charge in [-0.25, -0.2) is 0 Å². The van der Waals surface area contributed by atoms with Crippen molar-refractivity contribution in [2.24, 2.45) is 17.8 Å². The molecule has 1 aliphatic carbocycles. The number of aryl methyl sites for hydroxylation is 1. The van der Waals surface area contributed by atoms with Crippen LogP contribution in [0.4, 0.5) is 0 Å². The highest BCUT2D eigenvalue weighted by Gasteiger charge is 2.34. The molecule has 1 aliphatic heterocycles. The van der Waals surface area contributed by atoms with Crippen LogP contribution in [0.5, 0.6) is 0 Å². The first kappa shape index (κ1) is 23.9. The van der Waals surface area contributed by atoms with E-state index in [0.717, 1.165) is 30.5 Å². The molecule has 0 radical (unpaired) electrons. The lowest BCUT2D eigenvalue weighted by Crippen LogP contribution is -2.32. The standard InChI is InChI=1S/C28H39N3O2/c1-18(2)27-24-11-10-22(28(33)30-26(17-32)25-12-7-20(4)14-29-25)13-23(24)16-31(27)15-21-8-5-19(3)6-9-21/h7,10-14,18-19,21,26-27,32H,5-6,8-9,15-17H2,1-4H3,(H,30,33)/t19?,21?,26-,27+/m0/s1. The van der Waals surface area contributed by atoms with Crippen LogP contribution >= 0.6 is 0 Å². The maximum atomic E-state index is 13.0. The molecule has 2 aliphatic rings. The molecule has 178 valence electrons. The van der Waals surface area contributed by atoms with Crippen molar-refractivity contribution in [3.05, 3.63) is 64.5 Å². The molecule has 1 saturated carbocycles. The lowest BCUT2D eigenvalue weighted by molar-refractivity contribution is 0.0914. The fourth-order valence-corrected chi connectivity index (χ4v) is 5.63. The number of rotatable bonds is 7. The van der Waals surface area contributed by atoms with Gasteiger partial charge in [0.05, 0.1) is 18.3 Å². The number of carbonyl (C=O) groups excluding carboxylic acids is 1. The van der Waals surface area contributed by atoms with Crippen molar-refractivity contribution in [1.82, 2.24) is 15.2 Å². The second kappa shape index (κ2) is 10.4. The van der Waals surface area contributed by atoms with Crippen molar-refractivity contribution >= 4 is 5.91 Å². The van der Waals surface area contributed by atoms with E-state index in [1.807, 2.05) is 25.1 Å². The first-order chi connectivity index (χ1) is 15.9. The van der Waals surface area contributed by atoms with Gasteiger partial charge in [0, 0.05) is 30.9 Å². The Balaban J connectivity index is 1.47. The number of amides is 1. The number of pyridine rings is 1. The molecule has 2 heterocycles. The van der Waals surface area contributed by atoms with Crippen molar-refractivity contribution in [2.45, 2.75) is 72.0 Å². The highest BCUT2D eigenvalue weighted by Crippen LogP contribution is 2.41. The average molecular weight is 450 g/mol. The smallest absolute Gasteiger partial charge is 0.251 e. The van der Waals surface area contributed by atoms with E-state index in [0.29, 0.717) is 23.2 Å². The minimum absolute atomic E-state index is 0.167. The molecule has 0 unspecified atom stereocenters. The highest BCUT2D eigenvalue weighted by molar-refractivity contribution is 5.94. The Bertz CT molecular complexity index is 948. The predicted octanol–water partition coefficient (Wildman–Crippen LogP) is 5.19. The average Bonchev–Trinajstić information content (AvgIpc) is 3.16. The monoisotopic (exact) mass is 449 g/mol.